The second-order valence-corrected chi connectivity index (χ2v) is 3.96. The fraction of sp³-hybridized carbons (Fsp3) is 0.900. The normalized spacial score (nSPS) is 22.8. The van der Waals surface area contributed by atoms with Crippen LogP contribution in [-0.2, 0) is 9.53 Å². The first-order valence-electron chi connectivity index (χ1n) is 4.82. The van der Waals surface area contributed by atoms with E-state index in [0.717, 1.165) is 12.8 Å². The summed E-state index contributed by atoms with van der Waals surface area (Å²) >= 11 is 0. The second-order valence-electron chi connectivity index (χ2n) is 3.96. The molecule has 0 amide bonds. The van der Waals surface area contributed by atoms with Crippen molar-refractivity contribution >= 4 is 5.97 Å². The van der Waals surface area contributed by atoms with Gasteiger partial charge in [-0.15, -0.1) is 0 Å². The van der Waals surface area contributed by atoms with Gasteiger partial charge in [0.1, 0.15) is 5.60 Å². The Morgan fingerprint density at radius 1 is 1.17 bits per heavy atom. The molecule has 1 aliphatic rings. The molecule has 0 spiro atoms. The molecule has 0 radical (unpaired) electrons. The van der Waals surface area contributed by atoms with Gasteiger partial charge in [0.15, 0.2) is 0 Å². The molecule has 0 N–H and O–H groups in total. The van der Waals surface area contributed by atoms with Gasteiger partial charge in [0.25, 0.3) is 0 Å². The minimum atomic E-state index is -0.164. The van der Waals surface area contributed by atoms with E-state index in [1.807, 2.05) is 0 Å². The van der Waals surface area contributed by atoms with Gasteiger partial charge in [-0.3, -0.25) is 4.79 Å². The Bertz CT molecular complexity index is 155. The molecule has 70 valence electrons. The van der Waals surface area contributed by atoms with E-state index in [2.05, 4.69) is 6.92 Å². The highest BCUT2D eigenvalue weighted by molar-refractivity contribution is 5.66. The van der Waals surface area contributed by atoms with Crippen LogP contribution in [0, 0.1) is 0 Å². The SMILES string of the molecule is CC(=O)OC1(C)CCCCCC1. The smallest absolute Gasteiger partial charge is 0.303 e. The number of ether oxygens (including phenoxy) is 1. The van der Waals surface area contributed by atoms with E-state index in [9.17, 15) is 4.79 Å². The van der Waals surface area contributed by atoms with Crippen LogP contribution in [-0.4, -0.2) is 11.6 Å². The van der Waals surface area contributed by atoms with Crippen LogP contribution in [0.3, 0.4) is 0 Å². The number of rotatable bonds is 1. The van der Waals surface area contributed by atoms with Gasteiger partial charge >= 0.3 is 5.97 Å². The zero-order chi connectivity index (χ0) is 9.03. The lowest BCUT2D eigenvalue weighted by atomic mass is 9.97. The van der Waals surface area contributed by atoms with Crippen molar-refractivity contribution in [3.8, 4) is 0 Å². The minimum Gasteiger partial charge on any atom is -0.460 e. The predicted octanol–water partition coefficient (Wildman–Crippen LogP) is 2.66. The lowest BCUT2D eigenvalue weighted by molar-refractivity contribution is -0.156. The molecule has 12 heavy (non-hydrogen) atoms. The summed E-state index contributed by atoms with van der Waals surface area (Å²) in [5.41, 5.74) is -0.164. The molecule has 1 fully saturated rings. The molecule has 1 saturated carbocycles. The summed E-state index contributed by atoms with van der Waals surface area (Å²) in [6, 6.07) is 0. The van der Waals surface area contributed by atoms with Crippen molar-refractivity contribution in [2.75, 3.05) is 0 Å². The fourth-order valence-corrected chi connectivity index (χ4v) is 1.93. The molecule has 0 bridgehead atoms. The first-order valence-corrected chi connectivity index (χ1v) is 4.82. The average molecular weight is 170 g/mol. The summed E-state index contributed by atoms with van der Waals surface area (Å²) in [5, 5.41) is 0. The van der Waals surface area contributed by atoms with Gasteiger partial charge in [0.2, 0.25) is 0 Å². The van der Waals surface area contributed by atoms with Gasteiger partial charge < -0.3 is 4.74 Å². The first kappa shape index (κ1) is 9.56. The van der Waals surface area contributed by atoms with Crippen LogP contribution in [0.25, 0.3) is 0 Å². The van der Waals surface area contributed by atoms with Crippen LogP contribution >= 0.6 is 0 Å². The summed E-state index contributed by atoms with van der Waals surface area (Å²) < 4.78 is 5.32. The molecule has 1 rings (SSSR count). The average Bonchev–Trinajstić information content (AvgIpc) is 2.12. The van der Waals surface area contributed by atoms with Gasteiger partial charge in [-0.25, -0.2) is 0 Å². The van der Waals surface area contributed by atoms with Crippen molar-refractivity contribution in [2.45, 2.75) is 58.0 Å². The van der Waals surface area contributed by atoms with Crippen LogP contribution in [0.15, 0.2) is 0 Å². The summed E-state index contributed by atoms with van der Waals surface area (Å²) in [5.74, 6) is -0.139. The van der Waals surface area contributed by atoms with E-state index in [1.54, 1.807) is 0 Å². The highest BCUT2D eigenvalue weighted by Gasteiger charge is 2.28. The molecular weight excluding hydrogens is 152 g/mol. The van der Waals surface area contributed by atoms with Crippen LogP contribution in [0.5, 0.6) is 0 Å². The van der Waals surface area contributed by atoms with Crippen molar-refractivity contribution in [1.29, 1.82) is 0 Å². The summed E-state index contributed by atoms with van der Waals surface area (Å²) in [4.78, 5) is 10.8. The molecule has 0 heterocycles. The Kier molecular flexibility index (Phi) is 3.12. The van der Waals surface area contributed by atoms with E-state index < -0.39 is 0 Å². The summed E-state index contributed by atoms with van der Waals surface area (Å²) in [6.45, 7) is 3.55. The Hall–Kier alpha value is -0.530. The minimum absolute atomic E-state index is 0.139. The van der Waals surface area contributed by atoms with Crippen molar-refractivity contribution < 1.29 is 9.53 Å². The third-order valence-electron chi connectivity index (χ3n) is 2.55. The molecule has 0 unspecified atom stereocenters. The lowest BCUT2D eigenvalue weighted by Crippen LogP contribution is -2.29. The standard InChI is InChI=1S/C10H18O2/c1-9(11)12-10(2)7-5-3-4-6-8-10/h3-8H2,1-2H3. The van der Waals surface area contributed by atoms with Crippen molar-refractivity contribution in [3.63, 3.8) is 0 Å². The number of hydrogen-bond acceptors (Lipinski definition) is 2. The topological polar surface area (TPSA) is 26.3 Å². The van der Waals surface area contributed by atoms with E-state index >= 15 is 0 Å². The zero-order valence-corrected chi connectivity index (χ0v) is 8.06. The van der Waals surface area contributed by atoms with Gasteiger partial charge in [-0.05, 0) is 32.6 Å². The van der Waals surface area contributed by atoms with Gasteiger partial charge in [-0.2, -0.15) is 0 Å². The molecule has 0 aromatic rings. The number of esters is 1. The van der Waals surface area contributed by atoms with E-state index in [4.69, 9.17) is 4.74 Å². The van der Waals surface area contributed by atoms with Crippen LogP contribution in [0.4, 0.5) is 0 Å². The van der Waals surface area contributed by atoms with Crippen LogP contribution in [0.1, 0.15) is 52.4 Å². The molecule has 0 aromatic carbocycles. The molecule has 0 saturated heterocycles. The monoisotopic (exact) mass is 170 g/mol. The summed E-state index contributed by atoms with van der Waals surface area (Å²) in [7, 11) is 0. The van der Waals surface area contributed by atoms with Gasteiger partial charge in [0, 0.05) is 6.92 Å². The molecule has 2 nitrogen and oxygen atoms in total. The maximum absolute atomic E-state index is 10.8. The third-order valence-corrected chi connectivity index (χ3v) is 2.55. The van der Waals surface area contributed by atoms with E-state index in [-0.39, 0.29) is 11.6 Å². The number of carbonyl (C=O) groups is 1. The molecular formula is C10H18O2. The highest BCUT2D eigenvalue weighted by Crippen LogP contribution is 2.29. The Morgan fingerprint density at radius 2 is 1.67 bits per heavy atom. The maximum atomic E-state index is 10.8. The fourth-order valence-electron chi connectivity index (χ4n) is 1.93. The summed E-state index contributed by atoms with van der Waals surface area (Å²) in [6.07, 6.45) is 7.04. The van der Waals surface area contributed by atoms with Gasteiger partial charge in [0.05, 0.1) is 0 Å². The number of carbonyl (C=O) groups excluding carboxylic acids is 1. The maximum Gasteiger partial charge on any atom is 0.303 e. The largest absolute Gasteiger partial charge is 0.460 e. The predicted molar refractivity (Wildman–Crippen MR) is 47.9 cm³/mol. The number of hydrogen-bond donors (Lipinski definition) is 0. The second kappa shape index (κ2) is 3.92. The third kappa shape index (κ3) is 2.84. The van der Waals surface area contributed by atoms with Crippen molar-refractivity contribution in [3.05, 3.63) is 0 Å². The molecule has 0 aliphatic heterocycles. The first-order chi connectivity index (χ1) is 5.62. The van der Waals surface area contributed by atoms with E-state index in [1.165, 1.54) is 32.6 Å². The Balaban J connectivity index is 2.48. The van der Waals surface area contributed by atoms with Crippen molar-refractivity contribution in [1.82, 2.24) is 0 Å². The van der Waals surface area contributed by atoms with Crippen molar-refractivity contribution in [2.24, 2.45) is 0 Å². The highest BCUT2D eigenvalue weighted by atomic mass is 16.6. The molecule has 2 heteroatoms. The van der Waals surface area contributed by atoms with E-state index in [0.29, 0.717) is 0 Å². The van der Waals surface area contributed by atoms with Gasteiger partial charge in [-0.1, -0.05) is 12.8 Å². The molecule has 1 aliphatic carbocycles. The van der Waals surface area contributed by atoms with Crippen LogP contribution < -0.4 is 0 Å². The Labute approximate surface area is 74.3 Å². The quantitative estimate of drug-likeness (QED) is 0.446. The lowest BCUT2D eigenvalue weighted by Gasteiger charge is -2.27. The molecule has 0 aromatic heterocycles. The van der Waals surface area contributed by atoms with Crippen LogP contribution in [0.2, 0.25) is 0 Å². The Morgan fingerprint density at radius 3 is 2.08 bits per heavy atom. The molecule has 0 atom stereocenters. The zero-order valence-electron chi connectivity index (χ0n) is 8.06.